The molecule has 134 valence electrons. The third kappa shape index (κ3) is 3.82. The highest BCUT2D eigenvalue weighted by atomic mass is 16.2. The maximum Gasteiger partial charge on any atom is 0.323 e. The largest absolute Gasteiger partial charge is 0.323 e. The molecule has 26 heavy (non-hydrogen) atoms. The summed E-state index contributed by atoms with van der Waals surface area (Å²) in [5.41, 5.74) is 5.90. The lowest BCUT2D eigenvalue weighted by atomic mass is 9.86. The maximum absolute atomic E-state index is 12.5. The Balaban J connectivity index is 1.81. The number of hydrogen-bond donors (Lipinski definition) is 2. The average molecular weight is 348 g/mol. The van der Waals surface area contributed by atoms with E-state index in [0.717, 1.165) is 33.7 Å². The maximum atomic E-state index is 12.5. The topological polar surface area (TPSA) is 66.9 Å². The lowest BCUT2D eigenvalue weighted by Crippen LogP contribution is -2.22. The second-order valence-electron chi connectivity index (χ2n) is 7.47. The van der Waals surface area contributed by atoms with Crippen LogP contribution in [-0.4, -0.2) is 16.0 Å². The standard InChI is InChI=1S/C21H24N4O/c1-13-14(2)23-19-12-15(10-11-18(19)22-13)24-20(26)25-17-9-7-6-8-16(17)21(3,4)5/h6-12H,1-5H3,(H2,24,25,26). The van der Waals surface area contributed by atoms with Crippen molar-refractivity contribution in [1.82, 2.24) is 9.97 Å². The number of aryl methyl sites for hydroxylation is 2. The van der Waals surface area contributed by atoms with Gasteiger partial charge in [-0.05, 0) is 49.1 Å². The van der Waals surface area contributed by atoms with Crippen molar-refractivity contribution in [2.45, 2.75) is 40.0 Å². The van der Waals surface area contributed by atoms with Crippen LogP contribution >= 0.6 is 0 Å². The van der Waals surface area contributed by atoms with Crippen molar-refractivity contribution in [3.63, 3.8) is 0 Å². The van der Waals surface area contributed by atoms with Crippen LogP contribution in [0.5, 0.6) is 0 Å². The molecule has 0 saturated heterocycles. The number of nitrogens with zero attached hydrogens (tertiary/aromatic N) is 2. The fraction of sp³-hybridized carbons (Fsp3) is 0.286. The van der Waals surface area contributed by atoms with E-state index < -0.39 is 0 Å². The van der Waals surface area contributed by atoms with Gasteiger partial charge in [-0.3, -0.25) is 0 Å². The van der Waals surface area contributed by atoms with Gasteiger partial charge < -0.3 is 10.6 Å². The molecule has 2 aromatic carbocycles. The van der Waals surface area contributed by atoms with Crippen molar-refractivity contribution < 1.29 is 4.79 Å². The summed E-state index contributed by atoms with van der Waals surface area (Å²) in [4.78, 5) is 21.5. The number of rotatable bonds is 2. The number of nitrogens with one attached hydrogen (secondary N) is 2. The number of hydrogen-bond acceptors (Lipinski definition) is 3. The second kappa shape index (κ2) is 6.75. The summed E-state index contributed by atoms with van der Waals surface area (Å²) in [6, 6.07) is 13.1. The van der Waals surface area contributed by atoms with E-state index in [9.17, 15) is 4.79 Å². The van der Waals surface area contributed by atoms with Gasteiger partial charge in [-0.15, -0.1) is 0 Å². The molecule has 1 heterocycles. The number of para-hydroxylation sites is 1. The Kier molecular flexibility index (Phi) is 4.64. The van der Waals surface area contributed by atoms with E-state index in [1.165, 1.54) is 0 Å². The number of carbonyl (C=O) groups is 1. The zero-order valence-corrected chi connectivity index (χ0v) is 15.8. The summed E-state index contributed by atoms with van der Waals surface area (Å²) < 4.78 is 0. The molecule has 5 nitrogen and oxygen atoms in total. The van der Waals surface area contributed by atoms with Gasteiger partial charge in [0.25, 0.3) is 0 Å². The first kappa shape index (κ1) is 17.9. The zero-order chi connectivity index (χ0) is 18.9. The minimum absolute atomic E-state index is 0.0577. The Bertz CT molecular complexity index is 973. The van der Waals surface area contributed by atoms with Crippen molar-refractivity contribution in [3.8, 4) is 0 Å². The molecule has 0 radical (unpaired) electrons. The summed E-state index contributed by atoms with van der Waals surface area (Å²) >= 11 is 0. The fourth-order valence-electron chi connectivity index (χ4n) is 2.84. The predicted octanol–water partition coefficient (Wildman–Crippen LogP) is 5.19. The van der Waals surface area contributed by atoms with Gasteiger partial charge in [0.1, 0.15) is 0 Å². The SMILES string of the molecule is Cc1nc2ccc(NC(=O)Nc3ccccc3C(C)(C)C)cc2nc1C. The van der Waals surface area contributed by atoms with Crippen molar-refractivity contribution in [2.24, 2.45) is 0 Å². The Morgan fingerprint density at radius 2 is 1.54 bits per heavy atom. The number of carbonyl (C=O) groups excluding carboxylic acids is 1. The van der Waals surface area contributed by atoms with Gasteiger partial charge >= 0.3 is 6.03 Å². The van der Waals surface area contributed by atoms with Crippen LogP contribution in [-0.2, 0) is 5.41 Å². The molecule has 0 spiro atoms. The van der Waals surface area contributed by atoms with Gasteiger partial charge in [-0.25, -0.2) is 14.8 Å². The van der Waals surface area contributed by atoms with Crippen LogP contribution in [0.25, 0.3) is 11.0 Å². The zero-order valence-electron chi connectivity index (χ0n) is 15.8. The lowest BCUT2D eigenvalue weighted by Gasteiger charge is -2.23. The molecule has 0 aliphatic heterocycles. The summed E-state index contributed by atoms with van der Waals surface area (Å²) in [6.45, 7) is 10.2. The molecule has 0 fully saturated rings. The smallest absolute Gasteiger partial charge is 0.308 e. The monoisotopic (exact) mass is 348 g/mol. The van der Waals surface area contributed by atoms with Crippen LogP contribution in [0.1, 0.15) is 37.7 Å². The molecule has 0 aliphatic rings. The minimum Gasteiger partial charge on any atom is -0.308 e. The number of urea groups is 1. The van der Waals surface area contributed by atoms with Gasteiger partial charge in [0.2, 0.25) is 0 Å². The highest BCUT2D eigenvalue weighted by Gasteiger charge is 2.18. The first-order valence-corrected chi connectivity index (χ1v) is 8.66. The molecule has 2 amide bonds. The van der Waals surface area contributed by atoms with E-state index in [1.54, 1.807) is 0 Å². The number of fused-ring (bicyclic) bond motifs is 1. The molecule has 0 bridgehead atoms. The minimum atomic E-state index is -0.280. The Morgan fingerprint density at radius 3 is 2.23 bits per heavy atom. The molecule has 1 aromatic heterocycles. The van der Waals surface area contributed by atoms with E-state index in [2.05, 4.69) is 41.4 Å². The predicted molar refractivity (Wildman–Crippen MR) is 107 cm³/mol. The summed E-state index contributed by atoms with van der Waals surface area (Å²) in [5, 5.41) is 5.83. The van der Waals surface area contributed by atoms with Gasteiger partial charge in [0.15, 0.2) is 0 Å². The van der Waals surface area contributed by atoms with Crippen LogP contribution in [0.4, 0.5) is 16.2 Å². The molecule has 5 heteroatoms. The quantitative estimate of drug-likeness (QED) is 0.670. The van der Waals surface area contributed by atoms with Crippen molar-refractivity contribution in [3.05, 3.63) is 59.4 Å². The molecule has 0 atom stereocenters. The number of amides is 2. The van der Waals surface area contributed by atoms with Gasteiger partial charge in [0, 0.05) is 11.4 Å². The summed E-state index contributed by atoms with van der Waals surface area (Å²) in [5.74, 6) is 0. The van der Waals surface area contributed by atoms with Gasteiger partial charge in [-0.1, -0.05) is 39.0 Å². The number of benzene rings is 2. The number of anilines is 2. The number of aromatic nitrogens is 2. The highest BCUT2D eigenvalue weighted by molar-refractivity contribution is 6.01. The summed E-state index contributed by atoms with van der Waals surface area (Å²) in [7, 11) is 0. The Labute approximate surface area is 153 Å². The molecule has 0 saturated carbocycles. The summed E-state index contributed by atoms with van der Waals surface area (Å²) in [6.07, 6.45) is 0. The Morgan fingerprint density at radius 1 is 0.885 bits per heavy atom. The molecule has 0 unspecified atom stereocenters. The van der Waals surface area contributed by atoms with Crippen LogP contribution < -0.4 is 10.6 Å². The van der Waals surface area contributed by atoms with Crippen LogP contribution in [0.2, 0.25) is 0 Å². The second-order valence-corrected chi connectivity index (χ2v) is 7.47. The van der Waals surface area contributed by atoms with Crippen LogP contribution in [0.3, 0.4) is 0 Å². The molecule has 2 N–H and O–H groups in total. The Hall–Kier alpha value is -2.95. The fourth-order valence-corrected chi connectivity index (χ4v) is 2.84. The molecule has 0 aliphatic carbocycles. The van der Waals surface area contributed by atoms with Crippen LogP contribution in [0, 0.1) is 13.8 Å². The van der Waals surface area contributed by atoms with E-state index in [1.807, 2.05) is 56.3 Å². The van der Waals surface area contributed by atoms with Crippen molar-refractivity contribution >= 4 is 28.4 Å². The molecule has 3 rings (SSSR count). The normalized spacial score (nSPS) is 11.4. The molecule has 3 aromatic rings. The van der Waals surface area contributed by atoms with Crippen molar-refractivity contribution in [2.75, 3.05) is 10.6 Å². The highest BCUT2D eigenvalue weighted by Crippen LogP contribution is 2.29. The van der Waals surface area contributed by atoms with Gasteiger partial charge in [-0.2, -0.15) is 0 Å². The van der Waals surface area contributed by atoms with Crippen molar-refractivity contribution in [1.29, 1.82) is 0 Å². The molecular weight excluding hydrogens is 324 g/mol. The third-order valence-corrected chi connectivity index (χ3v) is 4.32. The van der Waals surface area contributed by atoms with E-state index >= 15 is 0 Å². The lowest BCUT2D eigenvalue weighted by molar-refractivity contribution is 0.262. The molecular formula is C21H24N4O. The first-order valence-electron chi connectivity index (χ1n) is 8.66. The van der Waals surface area contributed by atoms with Crippen LogP contribution in [0.15, 0.2) is 42.5 Å². The van der Waals surface area contributed by atoms with E-state index in [0.29, 0.717) is 5.69 Å². The van der Waals surface area contributed by atoms with E-state index in [-0.39, 0.29) is 11.4 Å². The van der Waals surface area contributed by atoms with Gasteiger partial charge in [0.05, 0.1) is 22.4 Å². The first-order chi connectivity index (χ1) is 12.2. The van der Waals surface area contributed by atoms with E-state index in [4.69, 9.17) is 0 Å². The average Bonchev–Trinajstić information content (AvgIpc) is 2.55. The third-order valence-electron chi connectivity index (χ3n) is 4.32.